The Hall–Kier alpha value is -3.54. The van der Waals surface area contributed by atoms with Gasteiger partial charge < -0.3 is 25.0 Å². The molecule has 18 heteroatoms. The molecule has 1 atom stereocenters. The standard InChI is InChI=1S/C24H19BrF9N3O5/c1-11-10-41-6-5-37(11)20(40)19(39)35-14-4-2-3-12(7-14)18(38)36-17-15(25)8-13(9-16(17)42-21(26)27)22(28,23(29,30)31)24(32,33)34/h2-4,7-9,11,21H,5-6,10H2,1H3,(H,35,39)(H,36,38). The van der Waals surface area contributed by atoms with Gasteiger partial charge in [0.2, 0.25) is 0 Å². The molecule has 0 spiro atoms. The molecular formula is C24H19BrF9N3O5. The van der Waals surface area contributed by atoms with E-state index >= 15 is 0 Å². The zero-order valence-corrected chi connectivity index (χ0v) is 22.6. The fraction of sp³-hybridized carbons (Fsp3) is 0.375. The molecule has 3 amide bonds. The van der Waals surface area contributed by atoms with E-state index in [1.807, 2.05) is 5.32 Å². The smallest absolute Gasteiger partial charge is 0.433 e. The van der Waals surface area contributed by atoms with Gasteiger partial charge in [0.1, 0.15) is 0 Å². The van der Waals surface area contributed by atoms with E-state index < -0.39 is 69.9 Å². The number of ether oxygens (including phenoxy) is 2. The number of alkyl halides is 9. The Morgan fingerprint density at radius 2 is 1.67 bits per heavy atom. The van der Waals surface area contributed by atoms with Crippen LogP contribution in [0, 0.1) is 0 Å². The first kappa shape index (κ1) is 33.0. The number of benzene rings is 2. The van der Waals surface area contributed by atoms with Crippen molar-refractivity contribution >= 4 is 45.0 Å². The number of nitrogens with zero attached hydrogens (tertiary/aromatic N) is 1. The summed E-state index contributed by atoms with van der Waals surface area (Å²) in [5.41, 5.74) is -9.36. The second-order valence-corrected chi connectivity index (χ2v) is 9.63. The van der Waals surface area contributed by atoms with Crippen LogP contribution in [0.5, 0.6) is 5.75 Å². The summed E-state index contributed by atoms with van der Waals surface area (Å²) in [7, 11) is 0. The van der Waals surface area contributed by atoms with E-state index in [9.17, 15) is 53.9 Å². The molecule has 0 saturated carbocycles. The third-order valence-electron chi connectivity index (χ3n) is 5.89. The number of amides is 3. The predicted octanol–water partition coefficient (Wildman–Crippen LogP) is 5.78. The van der Waals surface area contributed by atoms with Gasteiger partial charge in [-0.15, -0.1) is 0 Å². The Morgan fingerprint density at radius 1 is 1.02 bits per heavy atom. The second-order valence-electron chi connectivity index (χ2n) is 8.78. The summed E-state index contributed by atoms with van der Waals surface area (Å²) in [6.45, 7) is -1.57. The normalized spacial score (nSPS) is 16.3. The minimum atomic E-state index is -6.55. The maximum Gasteiger partial charge on any atom is 0.435 e. The van der Waals surface area contributed by atoms with E-state index in [2.05, 4.69) is 26.0 Å². The van der Waals surface area contributed by atoms with Crippen LogP contribution in [-0.4, -0.2) is 67.4 Å². The molecule has 0 radical (unpaired) electrons. The summed E-state index contributed by atoms with van der Waals surface area (Å²) in [4.78, 5) is 39.1. The number of carbonyl (C=O) groups is 3. The number of hydrogen-bond donors (Lipinski definition) is 2. The van der Waals surface area contributed by atoms with Crippen LogP contribution >= 0.6 is 15.9 Å². The molecule has 0 aliphatic carbocycles. The molecule has 2 aromatic rings. The van der Waals surface area contributed by atoms with E-state index in [1.165, 1.54) is 17.0 Å². The van der Waals surface area contributed by atoms with E-state index in [0.29, 0.717) is 0 Å². The fourth-order valence-electron chi connectivity index (χ4n) is 3.85. The molecule has 1 aliphatic rings. The predicted molar refractivity (Wildman–Crippen MR) is 131 cm³/mol. The van der Waals surface area contributed by atoms with Crippen molar-refractivity contribution in [2.75, 3.05) is 30.4 Å². The van der Waals surface area contributed by atoms with Crippen LogP contribution < -0.4 is 15.4 Å². The van der Waals surface area contributed by atoms with Crippen molar-refractivity contribution in [3.63, 3.8) is 0 Å². The molecule has 0 bridgehead atoms. The summed E-state index contributed by atoms with van der Waals surface area (Å²) in [5, 5.41) is 4.27. The highest BCUT2D eigenvalue weighted by Crippen LogP contribution is 2.55. The van der Waals surface area contributed by atoms with Gasteiger partial charge in [-0.2, -0.15) is 35.1 Å². The van der Waals surface area contributed by atoms with Crippen LogP contribution in [0.3, 0.4) is 0 Å². The van der Waals surface area contributed by atoms with Crippen molar-refractivity contribution in [3.8, 4) is 5.75 Å². The monoisotopic (exact) mass is 679 g/mol. The van der Waals surface area contributed by atoms with Crippen molar-refractivity contribution in [2.45, 2.75) is 37.6 Å². The van der Waals surface area contributed by atoms with Crippen LogP contribution in [0.15, 0.2) is 40.9 Å². The minimum Gasteiger partial charge on any atom is -0.433 e. The first-order valence-electron chi connectivity index (χ1n) is 11.6. The third-order valence-corrected chi connectivity index (χ3v) is 6.52. The molecule has 1 saturated heterocycles. The average Bonchev–Trinajstić information content (AvgIpc) is 2.88. The van der Waals surface area contributed by atoms with Crippen LogP contribution in [0.4, 0.5) is 50.9 Å². The van der Waals surface area contributed by atoms with Crippen molar-refractivity contribution in [1.29, 1.82) is 0 Å². The van der Waals surface area contributed by atoms with Crippen molar-refractivity contribution in [3.05, 3.63) is 52.0 Å². The molecule has 1 aliphatic heterocycles. The number of halogens is 10. The van der Waals surface area contributed by atoms with Gasteiger partial charge in [0.15, 0.2) is 5.75 Å². The summed E-state index contributed by atoms with van der Waals surface area (Å²) < 4.78 is 128. The highest BCUT2D eigenvalue weighted by molar-refractivity contribution is 9.10. The topological polar surface area (TPSA) is 97.0 Å². The molecule has 230 valence electrons. The Labute approximate surface area is 239 Å². The quantitative estimate of drug-likeness (QED) is 0.298. The largest absolute Gasteiger partial charge is 0.435 e. The van der Waals surface area contributed by atoms with E-state index in [-0.39, 0.29) is 43.1 Å². The summed E-state index contributed by atoms with van der Waals surface area (Å²) in [6, 6.07) is 4.07. The van der Waals surface area contributed by atoms with Crippen LogP contribution in [0.2, 0.25) is 0 Å². The maximum absolute atomic E-state index is 14.6. The molecule has 2 aromatic carbocycles. The SMILES string of the molecule is CC1COCCN1C(=O)C(=O)Nc1cccc(C(=O)Nc2c(Br)cc(C(F)(C(F)(F)F)C(F)(F)F)cc2OC(F)F)c1. The summed E-state index contributed by atoms with van der Waals surface area (Å²) in [6.07, 6.45) is -13.1. The van der Waals surface area contributed by atoms with E-state index in [0.717, 1.165) is 12.1 Å². The number of carbonyl (C=O) groups excluding carboxylic acids is 3. The van der Waals surface area contributed by atoms with Gasteiger partial charge in [0.25, 0.3) is 5.91 Å². The molecule has 2 N–H and O–H groups in total. The molecule has 8 nitrogen and oxygen atoms in total. The fourth-order valence-corrected chi connectivity index (χ4v) is 4.39. The Balaban J connectivity index is 1.90. The Bertz CT molecular complexity index is 1340. The van der Waals surface area contributed by atoms with Crippen molar-refractivity contribution in [1.82, 2.24) is 4.90 Å². The van der Waals surface area contributed by atoms with Crippen molar-refractivity contribution < 1.29 is 63.4 Å². The number of morpholine rings is 1. The summed E-state index contributed by atoms with van der Waals surface area (Å²) >= 11 is 2.57. The number of rotatable bonds is 6. The van der Waals surface area contributed by atoms with Crippen LogP contribution in [0.25, 0.3) is 0 Å². The zero-order chi connectivity index (χ0) is 31.6. The van der Waals surface area contributed by atoms with Gasteiger partial charge in [-0.25, -0.2) is 4.39 Å². The van der Waals surface area contributed by atoms with Crippen LogP contribution in [0.1, 0.15) is 22.8 Å². The first-order chi connectivity index (χ1) is 19.4. The highest BCUT2D eigenvalue weighted by atomic mass is 79.9. The third kappa shape index (κ3) is 6.91. The molecular weight excluding hydrogens is 661 g/mol. The lowest BCUT2D eigenvalue weighted by Gasteiger charge is -2.32. The first-order valence-corrected chi connectivity index (χ1v) is 12.4. The Kier molecular flexibility index (Phi) is 9.71. The van der Waals surface area contributed by atoms with Gasteiger partial charge in [-0.3, -0.25) is 14.4 Å². The van der Waals surface area contributed by atoms with Crippen LogP contribution in [-0.2, 0) is 20.0 Å². The van der Waals surface area contributed by atoms with Crippen molar-refractivity contribution in [2.24, 2.45) is 0 Å². The van der Waals surface area contributed by atoms with E-state index in [4.69, 9.17) is 4.74 Å². The lowest BCUT2D eigenvalue weighted by atomic mass is 9.93. The number of nitrogens with one attached hydrogen (secondary N) is 2. The molecule has 3 rings (SSSR count). The maximum atomic E-state index is 14.6. The van der Waals surface area contributed by atoms with Gasteiger partial charge in [0.05, 0.1) is 24.9 Å². The average molecular weight is 680 g/mol. The van der Waals surface area contributed by atoms with Gasteiger partial charge in [-0.05, 0) is 53.2 Å². The molecule has 0 aromatic heterocycles. The lowest BCUT2D eigenvalue weighted by molar-refractivity contribution is -0.348. The van der Waals surface area contributed by atoms with Gasteiger partial charge >= 0.3 is 36.4 Å². The summed E-state index contributed by atoms with van der Waals surface area (Å²) in [5.74, 6) is -4.53. The molecule has 42 heavy (non-hydrogen) atoms. The second kappa shape index (κ2) is 12.4. The van der Waals surface area contributed by atoms with Gasteiger partial charge in [-0.1, -0.05) is 6.07 Å². The number of hydrogen-bond acceptors (Lipinski definition) is 5. The minimum absolute atomic E-state index is 0.00378. The van der Waals surface area contributed by atoms with Gasteiger partial charge in [0, 0.05) is 27.8 Å². The van der Waals surface area contributed by atoms with E-state index in [1.54, 1.807) is 6.92 Å². The molecule has 1 heterocycles. The Morgan fingerprint density at radius 3 is 2.24 bits per heavy atom. The lowest BCUT2D eigenvalue weighted by Crippen LogP contribution is -2.50. The zero-order valence-electron chi connectivity index (χ0n) is 21.0. The molecule has 1 unspecified atom stereocenters. The molecule has 1 fully saturated rings. The highest BCUT2D eigenvalue weighted by Gasteiger charge is 2.73. The number of anilines is 2.